The monoisotopic (exact) mass is 542 g/mol. The maximum atomic E-state index is 4.52. The van der Waals surface area contributed by atoms with Crippen molar-refractivity contribution >= 4 is 5.57 Å². The minimum Gasteiger partial charge on any atom is -0.0985 e. The Morgan fingerprint density at radius 2 is 1.51 bits per heavy atom. The molecule has 0 N–H and O–H groups in total. The average molecular weight is 543 g/mol. The van der Waals surface area contributed by atoms with Crippen LogP contribution in [0.1, 0.15) is 107 Å². The van der Waals surface area contributed by atoms with Gasteiger partial charge < -0.3 is 0 Å². The van der Waals surface area contributed by atoms with Gasteiger partial charge in [0, 0.05) is 0 Å². The fraction of sp³-hybridized carbons (Fsp3) is 0.415. The summed E-state index contributed by atoms with van der Waals surface area (Å²) in [5.74, 6) is 1.90. The fourth-order valence-corrected chi connectivity index (χ4v) is 7.97. The van der Waals surface area contributed by atoms with Gasteiger partial charge in [0.2, 0.25) is 0 Å². The highest BCUT2D eigenvalue weighted by atomic mass is 14.5. The predicted molar refractivity (Wildman–Crippen MR) is 179 cm³/mol. The minimum atomic E-state index is 0.393. The highest BCUT2D eigenvalue weighted by Gasteiger charge is 2.49. The molecule has 3 fully saturated rings. The summed E-state index contributed by atoms with van der Waals surface area (Å²) in [7, 11) is 0. The van der Waals surface area contributed by atoms with Gasteiger partial charge in [0.05, 0.1) is 0 Å². The van der Waals surface area contributed by atoms with Crippen molar-refractivity contribution < 1.29 is 0 Å². The summed E-state index contributed by atoms with van der Waals surface area (Å²) < 4.78 is 0. The molecule has 2 aromatic carbocycles. The molecule has 0 aliphatic heterocycles. The van der Waals surface area contributed by atoms with Gasteiger partial charge in [-0.05, 0) is 133 Å². The van der Waals surface area contributed by atoms with E-state index in [-0.39, 0.29) is 0 Å². The summed E-state index contributed by atoms with van der Waals surface area (Å²) >= 11 is 0. The molecule has 3 aliphatic carbocycles. The zero-order chi connectivity index (χ0) is 29.1. The van der Waals surface area contributed by atoms with Gasteiger partial charge >= 0.3 is 0 Å². The van der Waals surface area contributed by atoms with Gasteiger partial charge in [-0.25, -0.2) is 0 Å². The second-order valence-electron chi connectivity index (χ2n) is 13.6. The van der Waals surface area contributed by atoms with Crippen molar-refractivity contribution in [3.05, 3.63) is 137 Å². The number of hydrogen-bond donors (Lipinski definition) is 0. The van der Waals surface area contributed by atoms with Crippen molar-refractivity contribution in [2.45, 2.75) is 91.4 Å². The number of hydrogen-bond acceptors (Lipinski definition) is 0. The van der Waals surface area contributed by atoms with E-state index in [1.165, 1.54) is 101 Å². The van der Waals surface area contributed by atoms with E-state index in [4.69, 9.17) is 0 Å². The number of allylic oxidation sites excluding steroid dienone is 8. The van der Waals surface area contributed by atoms with E-state index >= 15 is 0 Å². The molecule has 0 amide bonds. The molecule has 0 bridgehead atoms. The number of benzene rings is 2. The van der Waals surface area contributed by atoms with Crippen LogP contribution in [0.5, 0.6) is 0 Å². The summed E-state index contributed by atoms with van der Waals surface area (Å²) in [6.45, 7) is 22.1. The molecule has 2 aromatic rings. The first-order valence-corrected chi connectivity index (χ1v) is 16.0. The van der Waals surface area contributed by atoms with Crippen molar-refractivity contribution in [1.29, 1.82) is 0 Å². The zero-order valence-corrected chi connectivity index (χ0v) is 26.1. The van der Waals surface area contributed by atoms with Crippen LogP contribution in [0.4, 0.5) is 0 Å². The van der Waals surface area contributed by atoms with Crippen LogP contribution in [0.15, 0.2) is 114 Å². The Morgan fingerprint density at radius 3 is 2.05 bits per heavy atom. The van der Waals surface area contributed by atoms with Crippen LogP contribution in [0.3, 0.4) is 0 Å². The van der Waals surface area contributed by atoms with Crippen molar-refractivity contribution in [3.8, 4) is 0 Å². The molecular weight excluding hydrogens is 492 g/mol. The summed E-state index contributed by atoms with van der Waals surface area (Å²) in [6, 6.07) is 18.6. The normalized spacial score (nSPS) is 23.6. The van der Waals surface area contributed by atoms with Gasteiger partial charge in [-0.3, -0.25) is 0 Å². The molecule has 3 saturated carbocycles. The summed E-state index contributed by atoms with van der Waals surface area (Å²) in [6.07, 6.45) is 17.9. The Labute approximate surface area is 250 Å². The van der Waals surface area contributed by atoms with Crippen LogP contribution >= 0.6 is 0 Å². The van der Waals surface area contributed by atoms with Gasteiger partial charge in [0.25, 0.3) is 0 Å². The smallest absolute Gasteiger partial charge is 0.0119 e. The Morgan fingerprint density at radius 1 is 0.927 bits per heavy atom. The maximum Gasteiger partial charge on any atom is -0.0119 e. The molecule has 214 valence electrons. The van der Waals surface area contributed by atoms with E-state index in [1.807, 2.05) is 6.08 Å². The molecule has 0 heteroatoms. The summed E-state index contributed by atoms with van der Waals surface area (Å²) in [5, 5.41) is 0. The standard InChI is InChI=1S/C41H50/c1-8-33(23-34(9-2)32(7)36-12-10-11-13-36)30(5)22-31(6)35-18-20-38(21-19-35)40(37-16-14-28(3)15-17-37)39-26-41(27-39)24-29(4)25-41/h8-9,14-21,23,29,31,36H,2,5,7,10-13,22,24-27H2,1,3-4,6H3/b33-8+,34-23+,40-39?. The second-order valence-corrected chi connectivity index (χ2v) is 13.6. The van der Waals surface area contributed by atoms with Crippen LogP contribution in [0.25, 0.3) is 5.57 Å². The van der Waals surface area contributed by atoms with Crippen molar-refractivity contribution in [1.82, 2.24) is 0 Å². The predicted octanol–water partition coefficient (Wildman–Crippen LogP) is 11.9. The molecule has 1 atom stereocenters. The van der Waals surface area contributed by atoms with Crippen LogP contribution in [-0.4, -0.2) is 0 Å². The summed E-state index contributed by atoms with van der Waals surface area (Å²) in [5.41, 5.74) is 14.0. The molecule has 0 radical (unpaired) electrons. The van der Waals surface area contributed by atoms with Crippen LogP contribution in [-0.2, 0) is 0 Å². The van der Waals surface area contributed by atoms with E-state index in [0.29, 0.717) is 17.3 Å². The second kappa shape index (κ2) is 12.4. The third kappa shape index (κ3) is 6.38. The average Bonchev–Trinajstić information content (AvgIpc) is 3.48. The SMILES string of the molecule is C=C/C(=C\C(=C/C)C(=C)CC(C)c1ccc(C(=C2CC3(C2)CC(C)C3)c2ccc(C)cc2)cc1)C(=C)C1CCCC1. The lowest BCUT2D eigenvalue weighted by molar-refractivity contribution is 0.0246. The number of aryl methyl sites for hydroxylation is 1. The third-order valence-corrected chi connectivity index (χ3v) is 10.2. The van der Waals surface area contributed by atoms with E-state index in [2.05, 4.69) is 108 Å². The molecule has 1 unspecified atom stereocenters. The molecule has 0 aromatic heterocycles. The fourth-order valence-electron chi connectivity index (χ4n) is 7.97. The van der Waals surface area contributed by atoms with Gasteiger partial charge in [-0.15, -0.1) is 0 Å². The molecule has 5 rings (SSSR count). The first-order valence-electron chi connectivity index (χ1n) is 16.0. The van der Waals surface area contributed by atoms with Crippen LogP contribution in [0.2, 0.25) is 0 Å². The quantitative estimate of drug-likeness (QED) is 0.262. The number of rotatable bonds is 10. The zero-order valence-electron chi connectivity index (χ0n) is 26.1. The molecule has 0 heterocycles. The van der Waals surface area contributed by atoms with Crippen LogP contribution in [0, 0.1) is 24.2 Å². The maximum absolute atomic E-state index is 4.52. The van der Waals surface area contributed by atoms with Crippen molar-refractivity contribution in [2.24, 2.45) is 17.3 Å². The Hall–Kier alpha value is -3.12. The van der Waals surface area contributed by atoms with E-state index in [1.54, 1.807) is 5.57 Å². The lowest BCUT2D eigenvalue weighted by atomic mass is 9.49. The highest BCUT2D eigenvalue weighted by molar-refractivity contribution is 5.83. The van der Waals surface area contributed by atoms with Gasteiger partial charge in [0.1, 0.15) is 0 Å². The van der Waals surface area contributed by atoms with E-state index < -0.39 is 0 Å². The Kier molecular flexibility index (Phi) is 8.88. The first-order chi connectivity index (χ1) is 19.7. The van der Waals surface area contributed by atoms with Gasteiger partial charge in [-0.2, -0.15) is 0 Å². The molecule has 3 aliphatic rings. The third-order valence-electron chi connectivity index (χ3n) is 10.2. The molecule has 1 spiro atoms. The largest absolute Gasteiger partial charge is 0.0985 e. The summed E-state index contributed by atoms with van der Waals surface area (Å²) in [4.78, 5) is 0. The topological polar surface area (TPSA) is 0 Å². The lowest BCUT2D eigenvalue weighted by Crippen LogP contribution is -2.43. The minimum absolute atomic E-state index is 0.393. The van der Waals surface area contributed by atoms with Crippen molar-refractivity contribution in [3.63, 3.8) is 0 Å². The Balaban J connectivity index is 1.31. The first kappa shape index (κ1) is 29.4. The molecule has 0 saturated heterocycles. The van der Waals surface area contributed by atoms with E-state index in [0.717, 1.165) is 12.3 Å². The molecule has 0 nitrogen and oxygen atoms in total. The Bertz CT molecular complexity index is 1360. The molecule has 41 heavy (non-hydrogen) atoms. The van der Waals surface area contributed by atoms with E-state index in [9.17, 15) is 0 Å². The highest BCUT2D eigenvalue weighted by Crippen LogP contribution is 2.62. The van der Waals surface area contributed by atoms with Crippen molar-refractivity contribution in [2.75, 3.05) is 0 Å². The lowest BCUT2D eigenvalue weighted by Gasteiger charge is -2.55. The van der Waals surface area contributed by atoms with Gasteiger partial charge in [0.15, 0.2) is 0 Å². The van der Waals surface area contributed by atoms with Gasteiger partial charge in [-0.1, -0.05) is 118 Å². The molecular formula is C41H50. The van der Waals surface area contributed by atoms with Crippen LogP contribution < -0.4 is 0 Å².